The molecule has 1 amide bonds. The van der Waals surface area contributed by atoms with Crippen LogP contribution in [-0.2, 0) is 14.3 Å². The van der Waals surface area contributed by atoms with Crippen LogP contribution in [0.2, 0.25) is 5.02 Å². The van der Waals surface area contributed by atoms with Crippen molar-refractivity contribution in [3.05, 3.63) is 58.1 Å². The number of carbonyl (C=O) groups excluding carboxylic acids is 2. The molecule has 10 heteroatoms. The fourth-order valence-corrected chi connectivity index (χ4v) is 4.86. The van der Waals surface area contributed by atoms with Crippen molar-refractivity contribution in [3.63, 3.8) is 0 Å². The molecule has 0 saturated carbocycles. The summed E-state index contributed by atoms with van der Waals surface area (Å²) in [6.45, 7) is 3.53. The maximum Gasteiger partial charge on any atom is 0.295 e. The Kier molecular flexibility index (Phi) is 8.03. The Bertz CT molecular complexity index is 1180. The number of nitrogens with zero attached hydrogens (tertiary/aromatic N) is 2. The minimum atomic E-state index is -0.892. The zero-order valence-corrected chi connectivity index (χ0v) is 21.2. The zero-order valence-electron chi connectivity index (χ0n) is 20.5. The Hall–Kier alpha value is -3.27. The van der Waals surface area contributed by atoms with Crippen LogP contribution in [0.3, 0.4) is 0 Å². The van der Waals surface area contributed by atoms with Gasteiger partial charge in [0.15, 0.2) is 11.5 Å². The van der Waals surface area contributed by atoms with Crippen molar-refractivity contribution in [1.82, 2.24) is 9.80 Å². The standard InChI is InChI=1S/C26H29ClN2O7/c1-33-19-8-7-16(15-18(19)27)23(30)21-22(17-5-4-6-20(34-2)25(17)35-3)29(26(32)24(21)31)10-9-28-11-13-36-14-12-28/h4-8,15,22,30H,9-14H2,1-3H3/b23-21+. The lowest BCUT2D eigenvalue weighted by molar-refractivity contribution is -0.140. The second-order valence-corrected chi connectivity index (χ2v) is 8.79. The molecular weight excluding hydrogens is 488 g/mol. The first-order valence-electron chi connectivity index (χ1n) is 11.5. The van der Waals surface area contributed by atoms with Crippen molar-refractivity contribution < 1.29 is 33.6 Å². The van der Waals surface area contributed by atoms with Gasteiger partial charge in [0.25, 0.3) is 11.7 Å². The highest BCUT2D eigenvalue weighted by Crippen LogP contribution is 2.45. The van der Waals surface area contributed by atoms with Gasteiger partial charge in [-0.05, 0) is 24.3 Å². The van der Waals surface area contributed by atoms with Crippen LogP contribution in [0.4, 0.5) is 0 Å². The summed E-state index contributed by atoms with van der Waals surface area (Å²) in [6, 6.07) is 9.02. The van der Waals surface area contributed by atoms with E-state index in [0.717, 1.165) is 13.1 Å². The number of halogens is 1. The first-order chi connectivity index (χ1) is 17.4. The quantitative estimate of drug-likeness (QED) is 0.325. The van der Waals surface area contributed by atoms with Gasteiger partial charge in [-0.2, -0.15) is 0 Å². The number of rotatable bonds is 8. The topological polar surface area (TPSA) is 97.8 Å². The number of ketones is 1. The Labute approximate surface area is 214 Å². The zero-order chi connectivity index (χ0) is 25.8. The van der Waals surface area contributed by atoms with E-state index in [4.69, 9.17) is 30.5 Å². The van der Waals surface area contributed by atoms with Gasteiger partial charge in [0.1, 0.15) is 11.5 Å². The molecule has 1 atom stereocenters. The molecule has 2 aliphatic rings. The van der Waals surface area contributed by atoms with E-state index in [2.05, 4.69) is 4.90 Å². The van der Waals surface area contributed by atoms with E-state index < -0.39 is 17.7 Å². The van der Waals surface area contributed by atoms with Gasteiger partial charge < -0.3 is 29.0 Å². The van der Waals surface area contributed by atoms with E-state index in [0.29, 0.717) is 48.1 Å². The number of para-hydroxylation sites is 1. The number of ether oxygens (including phenoxy) is 4. The van der Waals surface area contributed by atoms with Crippen LogP contribution in [0.1, 0.15) is 17.2 Å². The lowest BCUT2D eigenvalue weighted by Crippen LogP contribution is -2.42. The monoisotopic (exact) mass is 516 g/mol. The van der Waals surface area contributed by atoms with Crippen LogP contribution < -0.4 is 14.2 Å². The predicted octanol–water partition coefficient (Wildman–Crippen LogP) is 3.12. The molecule has 2 aromatic carbocycles. The van der Waals surface area contributed by atoms with Crippen molar-refractivity contribution in [2.75, 3.05) is 60.7 Å². The van der Waals surface area contributed by atoms with E-state index in [1.807, 2.05) is 0 Å². The molecule has 1 unspecified atom stereocenters. The van der Waals surface area contributed by atoms with E-state index in [-0.39, 0.29) is 22.9 Å². The number of hydrogen-bond donors (Lipinski definition) is 1. The summed E-state index contributed by atoms with van der Waals surface area (Å²) in [5.41, 5.74) is 0.771. The molecule has 2 saturated heterocycles. The average Bonchev–Trinajstić information content (AvgIpc) is 3.16. The van der Waals surface area contributed by atoms with Crippen LogP contribution in [0.15, 0.2) is 42.0 Å². The number of hydrogen-bond acceptors (Lipinski definition) is 8. The second-order valence-electron chi connectivity index (χ2n) is 8.38. The molecule has 36 heavy (non-hydrogen) atoms. The molecule has 4 rings (SSSR count). The van der Waals surface area contributed by atoms with Crippen LogP contribution in [0.5, 0.6) is 17.2 Å². The molecular formula is C26H29ClN2O7. The largest absolute Gasteiger partial charge is 0.507 e. The third kappa shape index (κ3) is 4.86. The molecule has 192 valence electrons. The van der Waals surface area contributed by atoms with Crippen LogP contribution in [0.25, 0.3) is 5.76 Å². The number of methoxy groups -OCH3 is 3. The minimum Gasteiger partial charge on any atom is -0.507 e. The van der Waals surface area contributed by atoms with Crippen molar-refractivity contribution in [1.29, 1.82) is 0 Å². The van der Waals surface area contributed by atoms with Gasteiger partial charge in [-0.25, -0.2) is 0 Å². The van der Waals surface area contributed by atoms with Gasteiger partial charge in [-0.15, -0.1) is 0 Å². The molecule has 0 aliphatic carbocycles. The predicted molar refractivity (Wildman–Crippen MR) is 134 cm³/mol. The van der Waals surface area contributed by atoms with Crippen molar-refractivity contribution in [2.24, 2.45) is 0 Å². The van der Waals surface area contributed by atoms with E-state index in [1.54, 1.807) is 30.3 Å². The van der Waals surface area contributed by atoms with Gasteiger partial charge in [0, 0.05) is 37.3 Å². The fourth-order valence-electron chi connectivity index (χ4n) is 4.60. The molecule has 2 aliphatic heterocycles. The molecule has 0 aromatic heterocycles. The summed E-state index contributed by atoms with van der Waals surface area (Å²) >= 11 is 6.28. The van der Waals surface area contributed by atoms with Gasteiger partial charge in [-0.1, -0.05) is 23.7 Å². The van der Waals surface area contributed by atoms with Gasteiger partial charge in [0.05, 0.1) is 51.2 Å². The summed E-state index contributed by atoms with van der Waals surface area (Å²) in [4.78, 5) is 30.3. The fraction of sp³-hybridized carbons (Fsp3) is 0.385. The summed E-state index contributed by atoms with van der Waals surface area (Å²) in [6.07, 6.45) is 0. The highest BCUT2D eigenvalue weighted by Gasteiger charge is 2.47. The number of aliphatic hydroxyl groups excluding tert-OH is 1. The number of aliphatic hydroxyl groups is 1. The van der Waals surface area contributed by atoms with Gasteiger partial charge >= 0.3 is 0 Å². The highest BCUT2D eigenvalue weighted by molar-refractivity contribution is 6.46. The van der Waals surface area contributed by atoms with Crippen molar-refractivity contribution >= 4 is 29.1 Å². The lowest BCUT2D eigenvalue weighted by Gasteiger charge is -2.31. The smallest absolute Gasteiger partial charge is 0.295 e. The van der Waals surface area contributed by atoms with Crippen LogP contribution in [0, 0.1) is 0 Å². The second kappa shape index (κ2) is 11.2. The van der Waals surface area contributed by atoms with Gasteiger partial charge in [-0.3, -0.25) is 14.5 Å². The lowest BCUT2D eigenvalue weighted by atomic mass is 9.94. The number of benzene rings is 2. The third-order valence-electron chi connectivity index (χ3n) is 6.45. The molecule has 9 nitrogen and oxygen atoms in total. The molecule has 2 heterocycles. The first kappa shape index (κ1) is 25.8. The summed E-state index contributed by atoms with van der Waals surface area (Å²) in [5.74, 6) is -0.564. The highest BCUT2D eigenvalue weighted by atomic mass is 35.5. The molecule has 0 spiro atoms. The van der Waals surface area contributed by atoms with Crippen LogP contribution in [-0.4, -0.2) is 87.3 Å². The Balaban J connectivity index is 1.83. The normalized spacial score (nSPS) is 20.0. The van der Waals surface area contributed by atoms with Crippen molar-refractivity contribution in [3.8, 4) is 17.2 Å². The number of Topliss-reactive ketones (excluding diaryl/α,β-unsaturated/α-hetero) is 1. The Morgan fingerprint density at radius 1 is 1.03 bits per heavy atom. The summed E-state index contributed by atoms with van der Waals surface area (Å²) in [7, 11) is 4.48. The number of carbonyl (C=O) groups is 2. The van der Waals surface area contributed by atoms with Crippen LogP contribution >= 0.6 is 11.6 Å². The molecule has 2 aromatic rings. The SMILES string of the molecule is COc1ccc(/C(O)=C2\C(=O)C(=O)N(CCN3CCOCC3)C2c2cccc(OC)c2OC)cc1Cl. The maximum atomic E-state index is 13.4. The molecule has 1 N–H and O–H groups in total. The maximum absolute atomic E-state index is 13.4. The first-order valence-corrected chi connectivity index (χ1v) is 11.9. The number of morpholine rings is 1. The summed E-state index contributed by atoms with van der Waals surface area (Å²) in [5, 5.41) is 11.6. The third-order valence-corrected chi connectivity index (χ3v) is 6.75. The number of likely N-dealkylation sites (tertiary alicyclic amines) is 1. The summed E-state index contributed by atoms with van der Waals surface area (Å²) < 4.78 is 21.7. The Morgan fingerprint density at radius 3 is 2.39 bits per heavy atom. The van der Waals surface area contributed by atoms with Gasteiger partial charge in [0.2, 0.25) is 0 Å². The van der Waals surface area contributed by atoms with E-state index >= 15 is 0 Å². The van der Waals surface area contributed by atoms with E-state index in [1.165, 1.54) is 32.3 Å². The van der Waals surface area contributed by atoms with E-state index in [9.17, 15) is 14.7 Å². The van der Waals surface area contributed by atoms with Crippen molar-refractivity contribution in [2.45, 2.75) is 6.04 Å². The molecule has 2 fully saturated rings. The molecule has 0 bridgehead atoms. The average molecular weight is 517 g/mol. The number of amides is 1. The Morgan fingerprint density at radius 2 is 1.75 bits per heavy atom. The minimum absolute atomic E-state index is 0.0465. The molecule has 0 radical (unpaired) electrons.